The molecule has 4 aliphatic heterocycles. The van der Waals surface area contributed by atoms with Crippen molar-refractivity contribution >= 4 is 28.8 Å². The maximum Gasteiger partial charge on any atom is 0.313 e. The van der Waals surface area contributed by atoms with E-state index in [-0.39, 0.29) is 38.2 Å². The molecule has 2 amide bonds. The molecule has 2 fully saturated rings. The molecule has 1 unspecified atom stereocenters. The van der Waals surface area contributed by atoms with E-state index in [4.69, 9.17) is 9.47 Å². The number of aliphatic hydroxyl groups is 1. The molecule has 11 nitrogen and oxygen atoms in total. The van der Waals surface area contributed by atoms with Gasteiger partial charge in [-0.1, -0.05) is 42.5 Å². The van der Waals surface area contributed by atoms with Crippen LogP contribution in [-0.4, -0.2) is 91.2 Å². The van der Waals surface area contributed by atoms with Gasteiger partial charge in [-0.05, 0) is 24.6 Å². The van der Waals surface area contributed by atoms with Gasteiger partial charge >= 0.3 is 5.97 Å². The topological polar surface area (TPSA) is 127 Å². The van der Waals surface area contributed by atoms with Gasteiger partial charge in [0, 0.05) is 6.54 Å². The molecule has 188 valence electrons. The minimum atomic E-state index is -1.36. The number of aliphatic hydroxyl groups excluding tert-OH is 1. The van der Waals surface area contributed by atoms with Crippen LogP contribution >= 0.6 is 0 Å². The van der Waals surface area contributed by atoms with Gasteiger partial charge in [-0.25, -0.2) is 4.68 Å². The van der Waals surface area contributed by atoms with Crippen molar-refractivity contribution in [2.24, 2.45) is 11.8 Å². The number of cyclic esters (lactones) is 1. The molecule has 1 aromatic heterocycles. The Hall–Kier alpha value is -3.57. The molecule has 0 radical (unpaired) electrons. The van der Waals surface area contributed by atoms with Crippen molar-refractivity contribution in [2.45, 2.75) is 43.8 Å². The van der Waals surface area contributed by atoms with Crippen LogP contribution in [0.25, 0.3) is 11.0 Å². The van der Waals surface area contributed by atoms with Crippen molar-refractivity contribution in [3.8, 4) is 0 Å². The van der Waals surface area contributed by atoms with Crippen molar-refractivity contribution in [3.63, 3.8) is 0 Å². The van der Waals surface area contributed by atoms with Crippen LogP contribution < -0.4 is 0 Å². The predicted octanol–water partition coefficient (Wildman–Crippen LogP) is 0.252. The number of hydrogen-bond acceptors (Lipinski definition) is 8. The first-order chi connectivity index (χ1) is 17.5. The Kier molecular flexibility index (Phi) is 5.41. The SMILES string of the molecule is CC[C@@H](CO)N1C(=O)[C@@H]2[C@H]3C(=O)OCC=C[C@H]3O[C@@]23C=CCN(Cn2nnc4ccccc42)C(=O)C13. The molecule has 0 aliphatic carbocycles. The highest BCUT2D eigenvalue weighted by Gasteiger charge is 2.72. The summed E-state index contributed by atoms with van der Waals surface area (Å²) in [5.74, 6) is -3.05. The van der Waals surface area contributed by atoms with Crippen molar-refractivity contribution in [3.05, 3.63) is 48.6 Å². The zero-order valence-electron chi connectivity index (χ0n) is 19.8. The molecule has 6 rings (SSSR count). The normalized spacial score (nSPS) is 32.2. The van der Waals surface area contributed by atoms with Crippen LogP contribution in [0.15, 0.2) is 48.6 Å². The fraction of sp³-hybridized carbons (Fsp3) is 0.480. The van der Waals surface area contributed by atoms with Crippen LogP contribution in [-0.2, 0) is 30.5 Å². The van der Waals surface area contributed by atoms with E-state index in [0.29, 0.717) is 11.9 Å². The summed E-state index contributed by atoms with van der Waals surface area (Å²) < 4.78 is 13.4. The number of benzene rings is 1. The van der Waals surface area contributed by atoms with Crippen LogP contribution in [0.1, 0.15) is 13.3 Å². The molecular formula is C25H27N5O6. The van der Waals surface area contributed by atoms with Crippen LogP contribution in [0, 0.1) is 11.8 Å². The molecule has 2 aromatic rings. The summed E-state index contributed by atoms with van der Waals surface area (Å²) in [6, 6.07) is 5.81. The van der Waals surface area contributed by atoms with Crippen molar-refractivity contribution < 1.29 is 29.0 Å². The maximum absolute atomic E-state index is 14.2. The molecule has 0 saturated carbocycles. The molecule has 1 N–H and O–H groups in total. The highest BCUT2D eigenvalue weighted by atomic mass is 16.6. The van der Waals surface area contributed by atoms with Crippen LogP contribution in [0.5, 0.6) is 0 Å². The zero-order chi connectivity index (χ0) is 25.0. The fourth-order valence-electron chi connectivity index (χ4n) is 6.07. The van der Waals surface area contributed by atoms with Gasteiger partial charge in [-0.3, -0.25) is 14.4 Å². The van der Waals surface area contributed by atoms with Gasteiger partial charge in [-0.15, -0.1) is 5.10 Å². The summed E-state index contributed by atoms with van der Waals surface area (Å²) in [5, 5.41) is 18.5. The molecule has 5 heterocycles. The molecular weight excluding hydrogens is 466 g/mol. The quantitative estimate of drug-likeness (QED) is 0.464. The van der Waals surface area contributed by atoms with Gasteiger partial charge in [0.05, 0.1) is 30.2 Å². The smallest absolute Gasteiger partial charge is 0.313 e. The Morgan fingerprint density at radius 1 is 1.19 bits per heavy atom. The molecule has 0 bridgehead atoms. The lowest BCUT2D eigenvalue weighted by atomic mass is 9.78. The van der Waals surface area contributed by atoms with Gasteiger partial charge in [0.2, 0.25) is 5.91 Å². The number of ether oxygens (including phenoxy) is 2. The standard InChI is InChI=1S/C25H27N5O6/c1-2-15(13-31)30-21-23(33)28(14-29-17-8-4-3-7-16(17)26-27-29)11-6-10-25(21)20(22(30)32)19-18(36-25)9-5-12-35-24(19)34/h3-10,15,18-21,31H,2,11-14H2,1H3/t15-,18+,19-,20-,21?,25-/m0/s1. The van der Waals surface area contributed by atoms with E-state index >= 15 is 0 Å². The van der Waals surface area contributed by atoms with Gasteiger partial charge in [-0.2, -0.15) is 0 Å². The number of rotatable bonds is 5. The lowest BCUT2D eigenvalue weighted by Gasteiger charge is -2.38. The number of nitrogens with zero attached hydrogens (tertiary/aromatic N) is 5. The molecule has 2 saturated heterocycles. The molecule has 36 heavy (non-hydrogen) atoms. The van der Waals surface area contributed by atoms with Crippen LogP contribution in [0.3, 0.4) is 0 Å². The highest BCUT2D eigenvalue weighted by Crippen LogP contribution is 2.53. The van der Waals surface area contributed by atoms with E-state index in [1.165, 1.54) is 4.90 Å². The van der Waals surface area contributed by atoms with Crippen molar-refractivity contribution in [2.75, 3.05) is 19.8 Å². The molecule has 6 atom stereocenters. The second kappa shape index (κ2) is 8.52. The Morgan fingerprint density at radius 2 is 2.03 bits per heavy atom. The Morgan fingerprint density at radius 3 is 2.83 bits per heavy atom. The molecule has 11 heteroatoms. The second-order valence-corrected chi connectivity index (χ2v) is 9.57. The molecule has 1 aromatic carbocycles. The first-order valence-corrected chi connectivity index (χ1v) is 12.2. The average Bonchev–Trinajstić information content (AvgIpc) is 3.43. The summed E-state index contributed by atoms with van der Waals surface area (Å²) >= 11 is 0. The molecule has 4 aliphatic rings. The fourth-order valence-corrected chi connectivity index (χ4v) is 6.07. The lowest BCUT2D eigenvalue weighted by Crippen LogP contribution is -2.58. The van der Waals surface area contributed by atoms with E-state index in [9.17, 15) is 19.5 Å². The number of amides is 2. The predicted molar refractivity (Wildman–Crippen MR) is 125 cm³/mol. The zero-order valence-corrected chi connectivity index (χ0v) is 19.8. The van der Waals surface area contributed by atoms with E-state index in [1.807, 2.05) is 31.2 Å². The summed E-state index contributed by atoms with van der Waals surface area (Å²) in [5.41, 5.74) is 0.131. The first-order valence-electron chi connectivity index (χ1n) is 12.2. The van der Waals surface area contributed by atoms with Gasteiger partial charge < -0.3 is 24.4 Å². The highest BCUT2D eigenvalue weighted by molar-refractivity contribution is 5.99. The number of carbonyl (C=O) groups excluding carboxylic acids is 3. The largest absolute Gasteiger partial charge is 0.461 e. The Labute approximate surface area is 206 Å². The van der Waals surface area contributed by atoms with Gasteiger partial charge in [0.25, 0.3) is 5.91 Å². The van der Waals surface area contributed by atoms with E-state index in [0.717, 1.165) is 5.52 Å². The number of esters is 1. The summed E-state index contributed by atoms with van der Waals surface area (Å²) in [7, 11) is 0. The van der Waals surface area contributed by atoms with Crippen molar-refractivity contribution in [1.29, 1.82) is 0 Å². The second-order valence-electron chi connectivity index (χ2n) is 9.57. The third kappa shape index (κ3) is 3.15. The third-order valence-electron chi connectivity index (χ3n) is 7.74. The number of para-hydroxylation sites is 1. The first kappa shape index (κ1) is 22.9. The summed E-state index contributed by atoms with van der Waals surface area (Å²) in [6.07, 6.45) is 6.76. The number of likely N-dealkylation sites (tertiary alicyclic amines) is 1. The Balaban J connectivity index is 1.43. The number of hydrogen-bond donors (Lipinski definition) is 1. The third-order valence-corrected chi connectivity index (χ3v) is 7.74. The van der Waals surface area contributed by atoms with E-state index in [1.54, 1.807) is 33.9 Å². The number of carbonyl (C=O) groups is 3. The average molecular weight is 494 g/mol. The minimum absolute atomic E-state index is 0.110. The summed E-state index contributed by atoms with van der Waals surface area (Å²) in [4.78, 5) is 44.1. The van der Waals surface area contributed by atoms with E-state index in [2.05, 4.69) is 10.3 Å². The number of fused-ring (bicyclic) bond motifs is 3. The monoisotopic (exact) mass is 493 g/mol. The van der Waals surface area contributed by atoms with Crippen molar-refractivity contribution in [1.82, 2.24) is 24.8 Å². The van der Waals surface area contributed by atoms with Crippen LogP contribution in [0.2, 0.25) is 0 Å². The summed E-state index contributed by atoms with van der Waals surface area (Å²) in [6.45, 7) is 2.02. The maximum atomic E-state index is 14.2. The minimum Gasteiger partial charge on any atom is -0.461 e. The number of aromatic nitrogens is 3. The Bertz CT molecular complexity index is 1280. The van der Waals surface area contributed by atoms with Crippen LogP contribution in [0.4, 0.5) is 0 Å². The van der Waals surface area contributed by atoms with Gasteiger partial charge in [0.15, 0.2) is 0 Å². The van der Waals surface area contributed by atoms with E-state index < -0.39 is 41.6 Å². The van der Waals surface area contributed by atoms with Gasteiger partial charge in [0.1, 0.15) is 36.4 Å². The lowest BCUT2D eigenvalue weighted by molar-refractivity contribution is -0.155. The molecule has 1 spiro atoms.